The van der Waals surface area contributed by atoms with Crippen LogP contribution in [-0.2, 0) is 7.05 Å². The summed E-state index contributed by atoms with van der Waals surface area (Å²) in [5, 5.41) is 16.8. The molecule has 2 N–H and O–H groups in total. The van der Waals surface area contributed by atoms with Gasteiger partial charge in [0.1, 0.15) is 5.82 Å². The first-order valence-electron chi connectivity index (χ1n) is 5.28. The van der Waals surface area contributed by atoms with Crippen molar-refractivity contribution in [3.8, 4) is 0 Å². The van der Waals surface area contributed by atoms with Crippen molar-refractivity contribution in [3.05, 3.63) is 40.5 Å². The number of carboxylic acid groups (broad SMARTS) is 1. The summed E-state index contributed by atoms with van der Waals surface area (Å²) in [6, 6.07) is 6.42. The number of aryl methyl sites for hydroxylation is 2. The van der Waals surface area contributed by atoms with Crippen LogP contribution in [-0.4, -0.2) is 20.9 Å². The molecule has 0 atom stereocenters. The quantitative estimate of drug-likeness (QED) is 0.895. The maximum atomic E-state index is 11.1. The number of nitrogens with one attached hydrogen (secondary N) is 1. The molecule has 0 bridgehead atoms. The molecule has 0 aliphatic rings. The molecule has 0 amide bonds. The van der Waals surface area contributed by atoms with Crippen molar-refractivity contribution in [2.75, 3.05) is 5.32 Å². The van der Waals surface area contributed by atoms with Crippen LogP contribution in [0.2, 0.25) is 5.02 Å². The van der Waals surface area contributed by atoms with Crippen LogP contribution in [0, 0.1) is 6.92 Å². The van der Waals surface area contributed by atoms with Gasteiger partial charge in [-0.15, -0.1) is 0 Å². The fraction of sp³-hybridized carbons (Fsp3) is 0.167. The Hall–Kier alpha value is -2.01. The molecule has 1 aromatic heterocycles. The lowest BCUT2D eigenvalue weighted by Crippen LogP contribution is -2.05. The molecular formula is C12H12ClN3O2. The number of hydrogen-bond donors (Lipinski definition) is 2. The van der Waals surface area contributed by atoms with Gasteiger partial charge in [-0.05, 0) is 25.1 Å². The lowest BCUT2D eigenvalue weighted by atomic mass is 10.2. The average Bonchev–Trinajstić information content (AvgIpc) is 2.57. The van der Waals surface area contributed by atoms with Crippen LogP contribution in [0.3, 0.4) is 0 Å². The highest BCUT2D eigenvalue weighted by Crippen LogP contribution is 2.25. The van der Waals surface area contributed by atoms with E-state index in [1.54, 1.807) is 23.9 Å². The minimum Gasteiger partial charge on any atom is -0.478 e. The zero-order valence-electron chi connectivity index (χ0n) is 9.94. The number of halogens is 1. The maximum absolute atomic E-state index is 11.1. The smallest absolute Gasteiger partial charge is 0.337 e. The largest absolute Gasteiger partial charge is 0.478 e. The van der Waals surface area contributed by atoms with Crippen molar-refractivity contribution in [1.82, 2.24) is 9.78 Å². The first kappa shape index (κ1) is 12.4. The standard InChI is InChI=1S/C12H12ClN3O2/c1-7-5-11(16(2)15-7)14-10-6-8(13)3-4-9(10)12(17)18/h3-6,14H,1-2H3,(H,17,18). The van der Waals surface area contributed by atoms with Crippen LogP contribution >= 0.6 is 11.6 Å². The van der Waals surface area contributed by atoms with E-state index < -0.39 is 5.97 Å². The molecule has 0 saturated heterocycles. The lowest BCUT2D eigenvalue weighted by Gasteiger charge is -2.09. The van der Waals surface area contributed by atoms with E-state index in [1.807, 2.05) is 13.0 Å². The molecular weight excluding hydrogens is 254 g/mol. The summed E-state index contributed by atoms with van der Waals surface area (Å²) in [5.74, 6) is -0.301. The molecule has 0 aliphatic carbocycles. The van der Waals surface area contributed by atoms with E-state index in [-0.39, 0.29) is 5.56 Å². The van der Waals surface area contributed by atoms with Gasteiger partial charge >= 0.3 is 5.97 Å². The Balaban J connectivity index is 2.42. The number of carboxylic acids is 1. The van der Waals surface area contributed by atoms with E-state index in [0.717, 1.165) is 5.69 Å². The number of anilines is 2. The third kappa shape index (κ3) is 2.46. The van der Waals surface area contributed by atoms with Crippen molar-refractivity contribution in [2.45, 2.75) is 6.92 Å². The molecule has 0 fully saturated rings. The number of nitrogens with zero attached hydrogens (tertiary/aromatic N) is 2. The molecule has 0 saturated carbocycles. The molecule has 18 heavy (non-hydrogen) atoms. The molecule has 2 rings (SSSR count). The summed E-state index contributed by atoms with van der Waals surface area (Å²) in [4.78, 5) is 11.1. The summed E-state index contributed by atoms with van der Waals surface area (Å²) < 4.78 is 1.64. The highest BCUT2D eigenvalue weighted by atomic mass is 35.5. The van der Waals surface area contributed by atoms with Crippen LogP contribution < -0.4 is 5.32 Å². The van der Waals surface area contributed by atoms with Crippen molar-refractivity contribution in [3.63, 3.8) is 0 Å². The maximum Gasteiger partial charge on any atom is 0.337 e. The van der Waals surface area contributed by atoms with E-state index in [0.29, 0.717) is 16.5 Å². The zero-order chi connectivity index (χ0) is 13.3. The molecule has 0 aliphatic heterocycles. The van der Waals surface area contributed by atoms with Gasteiger partial charge in [0.05, 0.1) is 16.9 Å². The normalized spacial score (nSPS) is 10.4. The number of carbonyl (C=O) groups is 1. The van der Waals surface area contributed by atoms with Gasteiger partial charge in [0, 0.05) is 18.1 Å². The lowest BCUT2D eigenvalue weighted by molar-refractivity contribution is 0.0698. The molecule has 2 aromatic rings. The third-order valence-electron chi connectivity index (χ3n) is 2.48. The van der Waals surface area contributed by atoms with Gasteiger partial charge < -0.3 is 10.4 Å². The Kier molecular flexibility index (Phi) is 3.25. The van der Waals surface area contributed by atoms with Crippen molar-refractivity contribution < 1.29 is 9.90 Å². The molecule has 1 heterocycles. The van der Waals surface area contributed by atoms with Gasteiger partial charge in [0.25, 0.3) is 0 Å². The van der Waals surface area contributed by atoms with E-state index >= 15 is 0 Å². The first-order chi connectivity index (χ1) is 8.47. The van der Waals surface area contributed by atoms with E-state index in [4.69, 9.17) is 16.7 Å². The highest BCUT2D eigenvalue weighted by Gasteiger charge is 2.12. The zero-order valence-corrected chi connectivity index (χ0v) is 10.7. The Morgan fingerprint density at radius 2 is 2.17 bits per heavy atom. The van der Waals surface area contributed by atoms with Crippen LogP contribution in [0.5, 0.6) is 0 Å². The number of hydrogen-bond acceptors (Lipinski definition) is 3. The van der Waals surface area contributed by atoms with E-state index in [2.05, 4.69) is 10.4 Å². The fourth-order valence-electron chi connectivity index (χ4n) is 1.67. The van der Waals surface area contributed by atoms with E-state index in [9.17, 15) is 4.79 Å². The number of rotatable bonds is 3. The van der Waals surface area contributed by atoms with Gasteiger partial charge in [-0.1, -0.05) is 11.6 Å². The van der Waals surface area contributed by atoms with Gasteiger partial charge in [-0.3, -0.25) is 4.68 Å². The monoisotopic (exact) mass is 265 g/mol. The summed E-state index contributed by atoms with van der Waals surface area (Å²) in [6.45, 7) is 1.86. The summed E-state index contributed by atoms with van der Waals surface area (Å²) >= 11 is 5.88. The third-order valence-corrected chi connectivity index (χ3v) is 2.71. The molecule has 5 nitrogen and oxygen atoms in total. The van der Waals surface area contributed by atoms with Crippen LogP contribution in [0.1, 0.15) is 16.1 Å². The molecule has 0 radical (unpaired) electrons. The minimum atomic E-state index is -1.01. The molecule has 0 unspecified atom stereocenters. The summed E-state index contributed by atoms with van der Waals surface area (Å²) in [5.41, 5.74) is 1.45. The Morgan fingerprint density at radius 1 is 1.44 bits per heavy atom. The van der Waals surface area contributed by atoms with Crippen LogP contribution in [0.25, 0.3) is 0 Å². The SMILES string of the molecule is Cc1cc(Nc2cc(Cl)ccc2C(=O)O)n(C)n1. The molecule has 94 valence electrons. The molecule has 1 aromatic carbocycles. The second-order valence-corrected chi connectivity index (χ2v) is 4.35. The highest BCUT2D eigenvalue weighted by molar-refractivity contribution is 6.31. The van der Waals surface area contributed by atoms with E-state index in [1.165, 1.54) is 6.07 Å². The van der Waals surface area contributed by atoms with Gasteiger partial charge in [-0.2, -0.15) is 5.10 Å². The second-order valence-electron chi connectivity index (χ2n) is 3.91. The average molecular weight is 266 g/mol. The number of aromatic carboxylic acids is 1. The number of benzene rings is 1. The molecule has 6 heteroatoms. The van der Waals surface area contributed by atoms with Gasteiger partial charge in [0.2, 0.25) is 0 Å². The van der Waals surface area contributed by atoms with Crippen LogP contribution in [0.4, 0.5) is 11.5 Å². The van der Waals surface area contributed by atoms with Crippen molar-refractivity contribution in [1.29, 1.82) is 0 Å². The minimum absolute atomic E-state index is 0.165. The topological polar surface area (TPSA) is 67.2 Å². The fourth-order valence-corrected chi connectivity index (χ4v) is 1.84. The number of aromatic nitrogens is 2. The summed E-state index contributed by atoms with van der Waals surface area (Å²) in [6.07, 6.45) is 0. The Labute approximate surface area is 109 Å². The second kappa shape index (κ2) is 4.70. The Bertz CT molecular complexity index is 607. The Morgan fingerprint density at radius 3 is 2.72 bits per heavy atom. The van der Waals surface area contributed by atoms with Crippen molar-refractivity contribution in [2.24, 2.45) is 7.05 Å². The van der Waals surface area contributed by atoms with Gasteiger partial charge in [-0.25, -0.2) is 4.79 Å². The predicted molar refractivity (Wildman–Crippen MR) is 69.6 cm³/mol. The first-order valence-corrected chi connectivity index (χ1v) is 5.65. The predicted octanol–water partition coefficient (Wildman–Crippen LogP) is 2.82. The summed E-state index contributed by atoms with van der Waals surface area (Å²) in [7, 11) is 1.78. The van der Waals surface area contributed by atoms with Crippen LogP contribution in [0.15, 0.2) is 24.3 Å². The van der Waals surface area contributed by atoms with Crippen molar-refractivity contribution >= 4 is 29.1 Å². The molecule has 0 spiro atoms. The van der Waals surface area contributed by atoms with Gasteiger partial charge in [0.15, 0.2) is 0 Å².